The average Bonchev–Trinajstić information content (AvgIpc) is 2.73. The number of pyridine rings is 1. The highest BCUT2D eigenvalue weighted by molar-refractivity contribution is 7.92. The molecule has 9 heteroatoms. The van der Waals surface area contributed by atoms with Crippen LogP contribution in [-0.2, 0) is 32.8 Å². The minimum atomic E-state index is -3.62. The summed E-state index contributed by atoms with van der Waals surface area (Å²) in [7, 11) is -3.62. The van der Waals surface area contributed by atoms with Crippen LogP contribution in [0, 0.1) is 0 Å². The SMILES string of the molecule is CS(=O)(=O)N(c1ccc(CN(C=O)OCc2cccnc2)cc1)c1ccccc1N. The van der Waals surface area contributed by atoms with E-state index < -0.39 is 10.0 Å². The van der Waals surface area contributed by atoms with E-state index >= 15 is 0 Å². The van der Waals surface area contributed by atoms with Crippen molar-refractivity contribution in [3.63, 3.8) is 0 Å². The Labute approximate surface area is 175 Å². The second-order valence-electron chi connectivity index (χ2n) is 6.57. The Morgan fingerprint density at radius 2 is 1.77 bits per heavy atom. The second-order valence-corrected chi connectivity index (χ2v) is 8.40. The molecule has 0 aliphatic rings. The lowest BCUT2D eigenvalue weighted by molar-refractivity contribution is -0.181. The van der Waals surface area contributed by atoms with Crippen LogP contribution in [0.1, 0.15) is 11.1 Å². The van der Waals surface area contributed by atoms with Crippen LogP contribution in [0.2, 0.25) is 0 Å². The predicted octanol–water partition coefficient (Wildman–Crippen LogP) is 2.85. The molecule has 0 bridgehead atoms. The number of hydrogen-bond donors (Lipinski definition) is 1. The van der Waals surface area contributed by atoms with Gasteiger partial charge in [-0.15, -0.1) is 0 Å². The van der Waals surface area contributed by atoms with Crippen LogP contribution >= 0.6 is 0 Å². The van der Waals surface area contributed by atoms with Crippen molar-refractivity contribution in [1.82, 2.24) is 10.0 Å². The lowest BCUT2D eigenvalue weighted by Crippen LogP contribution is -2.25. The van der Waals surface area contributed by atoms with E-state index in [0.29, 0.717) is 23.5 Å². The normalized spacial score (nSPS) is 11.1. The van der Waals surface area contributed by atoms with E-state index in [4.69, 9.17) is 10.6 Å². The van der Waals surface area contributed by atoms with Crippen LogP contribution in [0.15, 0.2) is 73.1 Å². The first-order chi connectivity index (χ1) is 14.4. The summed E-state index contributed by atoms with van der Waals surface area (Å²) in [5.41, 5.74) is 8.75. The molecule has 1 aromatic heterocycles. The van der Waals surface area contributed by atoms with Gasteiger partial charge in [-0.1, -0.05) is 30.3 Å². The summed E-state index contributed by atoms with van der Waals surface area (Å²) in [6.45, 7) is 0.413. The standard InChI is InChI=1S/C21H22N4O4S/c1-30(27,28)25(21-7-3-2-6-20(21)22)19-10-8-17(9-11-19)14-24(16-26)29-15-18-5-4-12-23-13-18/h2-13,16H,14-15,22H2,1H3. The van der Waals surface area contributed by atoms with Gasteiger partial charge in [0.05, 0.1) is 29.9 Å². The van der Waals surface area contributed by atoms with E-state index in [-0.39, 0.29) is 13.2 Å². The van der Waals surface area contributed by atoms with Crippen LogP contribution in [0.4, 0.5) is 17.1 Å². The van der Waals surface area contributed by atoms with E-state index in [2.05, 4.69) is 4.98 Å². The highest BCUT2D eigenvalue weighted by atomic mass is 32.2. The van der Waals surface area contributed by atoms with Gasteiger partial charge in [0.15, 0.2) is 0 Å². The Bertz CT molecular complexity index is 1090. The molecule has 3 rings (SSSR count). The number of hydrogen-bond acceptors (Lipinski definition) is 6. The van der Waals surface area contributed by atoms with Crippen molar-refractivity contribution in [3.05, 3.63) is 84.2 Å². The number of carbonyl (C=O) groups is 1. The molecule has 1 amide bonds. The first-order valence-electron chi connectivity index (χ1n) is 9.06. The lowest BCUT2D eigenvalue weighted by Gasteiger charge is -2.24. The Morgan fingerprint density at radius 3 is 2.37 bits per heavy atom. The zero-order chi connectivity index (χ0) is 21.6. The van der Waals surface area contributed by atoms with Gasteiger partial charge >= 0.3 is 0 Å². The first kappa shape index (κ1) is 21.3. The second kappa shape index (κ2) is 9.38. The molecular formula is C21H22N4O4S. The summed E-state index contributed by atoms with van der Waals surface area (Å²) < 4.78 is 26.0. The number of para-hydroxylation sites is 2. The molecule has 2 aromatic carbocycles. The number of amides is 1. The molecule has 0 aliphatic heterocycles. The highest BCUT2D eigenvalue weighted by Crippen LogP contribution is 2.32. The Kier molecular flexibility index (Phi) is 6.65. The van der Waals surface area contributed by atoms with Crippen molar-refractivity contribution in [2.45, 2.75) is 13.2 Å². The average molecular weight is 426 g/mol. The van der Waals surface area contributed by atoms with Crippen molar-refractivity contribution < 1.29 is 18.0 Å². The van der Waals surface area contributed by atoms with Crippen LogP contribution < -0.4 is 10.0 Å². The van der Waals surface area contributed by atoms with E-state index in [1.165, 1.54) is 9.37 Å². The van der Waals surface area contributed by atoms with Crippen molar-refractivity contribution in [3.8, 4) is 0 Å². The van der Waals surface area contributed by atoms with Gasteiger partial charge in [-0.05, 0) is 41.5 Å². The molecule has 8 nitrogen and oxygen atoms in total. The topological polar surface area (TPSA) is 106 Å². The fourth-order valence-electron chi connectivity index (χ4n) is 2.85. The maximum absolute atomic E-state index is 12.4. The van der Waals surface area contributed by atoms with E-state index in [1.807, 2.05) is 6.07 Å². The number of nitrogen functional groups attached to an aromatic ring is 1. The van der Waals surface area contributed by atoms with Gasteiger partial charge in [-0.2, -0.15) is 0 Å². The van der Waals surface area contributed by atoms with Gasteiger partial charge in [0, 0.05) is 12.4 Å². The summed E-state index contributed by atoms with van der Waals surface area (Å²) >= 11 is 0. The summed E-state index contributed by atoms with van der Waals surface area (Å²) in [4.78, 5) is 20.8. The Hall–Kier alpha value is -3.43. The van der Waals surface area contributed by atoms with Gasteiger partial charge in [0.2, 0.25) is 16.4 Å². The predicted molar refractivity (Wildman–Crippen MR) is 115 cm³/mol. The maximum Gasteiger partial charge on any atom is 0.236 e. The number of sulfonamides is 1. The fourth-order valence-corrected chi connectivity index (χ4v) is 3.88. The number of rotatable bonds is 9. The van der Waals surface area contributed by atoms with Gasteiger partial charge in [0.1, 0.15) is 6.61 Å². The molecule has 30 heavy (non-hydrogen) atoms. The van der Waals surface area contributed by atoms with E-state index in [9.17, 15) is 13.2 Å². The molecule has 156 valence electrons. The van der Waals surface area contributed by atoms with Gasteiger partial charge in [0.25, 0.3) is 0 Å². The zero-order valence-electron chi connectivity index (χ0n) is 16.4. The number of hydroxylamine groups is 2. The van der Waals surface area contributed by atoms with Crippen molar-refractivity contribution in [2.75, 3.05) is 16.3 Å². The summed E-state index contributed by atoms with van der Waals surface area (Å²) in [6, 6.07) is 17.2. The number of nitrogens with zero attached hydrogens (tertiary/aromatic N) is 3. The lowest BCUT2D eigenvalue weighted by atomic mass is 10.2. The third-order valence-corrected chi connectivity index (χ3v) is 5.30. The van der Waals surface area contributed by atoms with E-state index in [1.54, 1.807) is 67.0 Å². The van der Waals surface area contributed by atoms with Gasteiger partial charge < -0.3 is 5.73 Å². The molecule has 2 N–H and O–H groups in total. The molecule has 1 heterocycles. The third kappa shape index (κ3) is 5.34. The smallest absolute Gasteiger partial charge is 0.236 e. The first-order valence-corrected chi connectivity index (χ1v) is 10.9. The van der Waals surface area contributed by atoms with Crippen molar-refractivity contribution in [2.24, 2.45) is 0 Å². The molecule has 0 radical (unpaired) electrons. The molecule has 0 saturated carbocycles. The molecular weight excluding hydrogens is 404 g/mol. The number of benzene rings is 2. The van der Waals surface area contributed by atoms with Crippen LogP contribution in [0.5, 0.6) is 0 Å². The summed E-state index contributed by atoms with van der Waals surface area (Å²) in [5, 5.41) is 1.17. The molecule has 0 spiro atoms. The van der Waals surface area contributed by atoms with Crippen molar-refractivity contribution >= 4 is 33.5 Å². The van der Waals surface area contributed by atoms with E-state index in [0.717, 1.165) is 17.4 Å². The zero-order valence-corrected chi connectivity index (χ0v) is 17.2. The van der Waals surface area contributed by atoms with Gasteiger partial charge in [-0.3, -0.25) is 14.6 Å². The highest BCUT2D eigenvalue weighted by Gasteiger charge is 2.21. The summed E-state index contributed by atoms with van der Waals surface area (Å²) in [5.74, 6) is 0. The maximum atomic E-state index is 12.4. The monoisotopic (exact) mass is 426 g/mol. The Morgan fingerprint density at radius 1 is 1.03 bits per heavy atom. The van der Waals surface area contributed by atoms with Gasteiger partial charge in [-0.25, -0.2) is 17.8 Å². The third-order valence-electron chi connectivity index (χ3n) is 4.23. The number of carbonyl (C=O) groups excluding carboxylic acids is 1. The molecule has 0 unspecified atom stereocenters. The minimum absolute atomic E-state index is 0.205. The Balaban J connectivity index is 1.75. The molecule has 0 saturated heterocycles. The summed E-state index contributed by atoms with van der Waals surface area (Å²) in [6.07, 6.45) is 5.03. The molecule has 0 atom stereocenters. The number of anilines is 3. The quantitative estimate of drug-likeness (QED) is 0.320. The van der Waals surface area contributed by atoms with Crippen LogP contribution in [-0.4, -0.2) is 31.1 Å². The van der Waals surface area contributed by atoms with Crippen LogP contribution in [0.25, 0.3) is 0 Å². The number of aromatic nitrogens is 1. The number of nitrogens with two attached hydrogens (primary N) is 1. The largest absolute Gasteiger partial charge is 0.397 e. The van der Waals surface area contributed by atoms with Crippen molar-refractivity contribution in [1.29, 1.82) is 0 Å². The molecule has 0 aliphatic carbocycles. The minimum Gasteiger partial charge on any atom is -0.397 e. The molecule has 0 fully saturated rings. The fraction of sp³-hybridized carbons (Fsp3) is 0.143. The van der Waals surface area contributed by atoms with Crippen LogP contribution in [0.3, 0.4) is 0 Å². The molecule has 3 aromatic rings.